The van der Waals surface area contributed by atoms with E-state index in [-0.39, 0.29) is 12.5 Å². The molecule has 5 heteroatoms. The maximum Gasteiger partial charge on any atom is 0.260 e. The van der Waals surface area contributed by atoms with Crippen molar-refractivity contribution in [2.75, 3.05) is 13.7 Å². The van der Waals surface area contributed by atoms with E-state index in [2.05, 4.69) is 21.9 Å². The van der Waals surface area contributed by atoms with Crippen LogP contribution in [0.5, 0.6) is 5.75 Å². The molecule has 0 radical (unpaired) electrons. The number of aliphatic imine (C=N–C) groups is 1. The molecule has 18 heavy (non-hydrogen) atoms. The topological polar surface area (TPSA) is 62.7 Å². The molecule has 5 nitrogen and oxygen atoms in total. The van der Waals surface area contributed by atoms with Gasteiger partial charge in [0.1, 0.15) is 12.3 Å². The van der Waals surface area contributed by atoms with Crippen molar-refractivity contribution >= 4 is 11.7 Å². The summed E-state index contributed by atoms with van der Waals surface area (Å²) in [5.74, 6) is 1.42. The van der Waals surface area contributed by atoms with Gasteiger partial charge in [-0.25, -0.2) is 0 Å². The van der Waals surface area contributed by atoms with Crippen molar-refractivity contribution < 1.29 is 9.53 Å². The van der Waals surface area contributed by atoms with Crippen molar-refractivity contribution in [3.8, 4) is 5.75 Å². The lowest BCUT2D eigenvalue weighted by molar-refractivity contribution is -0.120. The van der Waals surface area contributed by atoms with Gasteiger partial charge in [-0.05, 0) is 36.5 Å². The summed E-state index contributed by atoms with van der Waals surface area (Å²) in [6.45, 7) is 0.155. The van der Waals surface area contributed by atoms with Gasteiger partial charge in [0, 0.05) is 0 Å². The standard InChI is InChI=1S/C13H15N3O2/c1-18-12-9-4-2-3-8(9)5-6-10(12)13-14-7-11(17)15-16-13/h5-6H,2-4,7H2,1H3,(H,14,16)(H,15,17). The molecule has 0 spiro atoms. The van der Waals surface area contributed by atoms with E-state index in [0.717, 1.165) is 24.2 Å². The molecular weight excluding hydrogens is 230 g/mol. The number of rotatable bonds is 2. The molecule has 1 aliphatic carbocycles. The molecule has 0 unspecified atom stereocenters. The summed E-state index contributed by atoms with van der Waals surface area (Å²) >= 11 is 0. The lowest BCUT2D eigenvalue weighted by atomic mass is 10.0. The molecule has 1 amide bonds. The average Bonchev–Trinajstić information content (AvgIpc) is 2.87. The number of fused-ring (bicyclic) bond motifs is 1. The van der Waals surface area contributed by atoms with E-state index in [9.17, 15) is 4.79 Å². The lowest BCUT2D eigenvalue weighted by Crippen LogP contribution is -2.47. The molecule has 0 aromatic heterocycles. The van der Waals surface area contributed by atoms with Gasteiger partial charge in [-0.1, -0.05) is 6.07 Å². The molecule has 1 heterocycles. The van der Waals surface area contributed by atoms with Crippen LogP contribution in [0, 0.1) is 0 Å². The van der Waals surface area contributed by atoms with Gasteiger partial charge in [-0.2, -0.15) is 0 Å². The molecule has 0 saturated heterocycles. The van der Waals surface area contributed by atoms with Crippen LogP contribution < -0.4 is 15.6 Å². The molecule has 2 aliphatic rings. The third-order valence-corrected chi connectivity index (χ3v) is 3.39. The second-order valence-corrected chi connectivity index (χ2v) is 4.48. The van der Waals surface area contributed by atoms with Crippen LogP contribution in [0.4, 0.5) is 0 Å². The number of hydrogen-bond acceptors (Lipinski definition) is 4. The summed E-state index contributed by atoms with van der Waals surface area (Å²) in [4.78, 5) is 15.3. The Balaban J connectivity index is 2.05. The van der Waals surface area contributed by atoms with Crippen LogP contribution in [0.2, 0.25) is 0 Å². The number of benzene rings is 1. The number of amidine groups is 1. The zero-order valence-electron chi connectivity index (χ0n) is 10.2. The van der Waals surface area contributed by atoms with Crippen LogP contribution in [-0.4, -0.2) is 25.4 Å². The van der Waals surface area contributed by atoms with E-state index in [1.165, 1.54) is 17.5 Å². The summed E-state index contributed by atoms with van der Waals surface area (Å²) in [6.07, 6.45) is 3.33. The highest BCUT2D eigenvalue weighted by molar-refractivity contribution is 6.04. The van der Waals surface area contributed by atoms with Crippen molar-refractivity contribution in [3.63, 3.8) is 0 Å². The summed E-state index contributed by atoms with van der Waals surface area (Å²) < 4.78 is 5.53. The largest absolute Gasteiger partial charge is 0.496 e. The number of nitrogens with zero attached hydrogens (tertiary/aromatic N) is 1. The summed E-state index contributed by atoms with van der Waals surface area (Å²) in [7, 11) is 1.68. The highest BCUT2D eigenvalue weighted by atomic mass is 16.5. The summed E-state index contributed by atoms with van der Waals surface area (Å²) in [5.41, 5.74) is 8.94. The van der Waals surface area contributed by atoms with E-state index >= 15 is 0 Å². The minimum atomic E-state index is -0.126. The molecule has 3 rings (SSSR count). The smallest absolute Gasteiger partial charge is 0.260 e. The van der Waals surface area contributed by atoms with E-state index < -0.39 is 0 Å². The predicted molar refractivity (Wildman–Crippen MR) is 67.7 cm³/mol. The quantitative estimate of drug-likeness (QED) is 0.800. The Morgan fingerprint density at radius 2 is 2.17 bits per heavy atom. The number of ether oxygens (including phenoxy) is 1. The molecule has 0 atom stereocenters. The molecule has 1 aliphatic heterocycles. The third kappa shape index (κ3) is 1.72. The second kappa shape index (κ2) is 4.33. The van der Waals surface area contributed by atoms with E-state index in [4.69, 9.17) is 4.74 Å². The van der Waals surface area contributed by atoms with Crippen molar-refractivity contribution in [1.82, 2.24) is 10.9 Å². The summed E-state index contributed by atoms with van der Waals surface area (Å²) in [5, 5.41) is 0. The first-order chi connectivity index (χ1) is 8.79. The molecular formula is C13H15N3O2. The average molecular weight is 245 g/mol. The first-order valence-corrected chi connectivity index (χ1v) is 6.08. The molecule has 94 valence electrons. The molecule has 0 fully saturated rings. The number of nitrogens with one attached hydrogen (secondary N) is 2. The Bertz CT molecular complexity index is 537. The Labute approximate surface area is 105 Å². The van der Waals surface area contributed by atoms with Gasteiger partial charge in [0.25, 0.3) is 5.91 Å². The monoisotopic (exact) mass is 245 g/mol. The molecule has 0 bridgehead atoms. The Hall–Kier alpha value is -2.04. The summed E-state index contributed by atoms with van der Waals surface area (Å²) in [6, 6.07) is 4.13. The van der Waals surface area contributed by atoms with Gasteiger partial charge in [0.05, 0.1) is 12.7 Å². The maximum absolute atomic E-state index is 11.1. The van der Waals surface area contributed by atoms with Crippen LogP contribution in [-0.2, 0) is 17.6 Å². The SMILES string of the molecule is COc1c(C2=NCC(=O)NN2)ccc2c1CCC2. The number of carbonyl (C=O) groups excluding carboxylic acids is 1. The van der Waals surface area contributed by atoms with E-state index in [0.29, 0.717) is 5.84 Å². The number of amides is 1. The zero-order valence-corrected chi connectivity index (χ0v) is 10.2. The Morgan fingerprint density at radius 3 is 2.89 bits per heavy atom. The lowest BCUT2D eigenvalue weighted by Gasteiger charge is -2.19. The van der Waals surface area contributed by atoms with Gasteiger partial charge in [-0.15, -0.1) is 0 Å². The number of hydrazine groups is 1. The first-order valence-electron chi connectivity index (χ1n) is 6.08. The van der Waals surface area contributed by atoms with E-state index in [1.54, 1.807) is 7.11 Å². The van der Waals surface area contributed by atoms with Crippen LogP contribution in [0.15, 0.2) is 17.1 Å². The fraction of sp³-hybridized carbons (Fsp3) is 0.385. The minimum absolute atomic E-state index is 0.126. The van der Waals surface area contributed by atoms with Gasteiger partial charge >= 0.3 is 0 Å². The van der Waals surface area contributed by atoms with Crippen molar-refractivity contribution in [2.45, 2.75) is 19.3 Å². The first kappa shape index (κ1) is 11.1. The molecule has 0 saturated carbocycles. The Morgan fingerprint density at radius 1 is 1.28 bits per heavy atom. The number of carbonyl (C=O) groups is 1. The van der Waals surface area contributed by atoms with Crippen LogP contribution in [0.3, 0.4) is 0 Å². The zero-order chi connectivity index (χ0) is 12.5. The van der Waals surface area contributed by atoms with Crippen molar-refractivity contribution in [1.29, 1.82) is 0 Å². The van der Waals surface area contributed by atoms with Crippen LogP contribution in [0.1, 0.15) is 23.1 Å². The molecule has 1 aromatic carbocycles. The molecule has 2 N–H and O–H groups in total. The maximum atomic E-state index is 11.1. The third-order valence-electron chi connectivity index (χ3n) is 3.39. The number of methoxy groups -OCH3 is 1. The van der Waals surface area contributed by atoms with Crippen LogP contribution in [0.25, 0.3) is 0 Å². The molecule has 1 aromatic rings. The van der Waals surface area contributed by atoms with Crippen LogP contribution >= 0.6 is 0 Å². The van der Waals surface area contributed by atoms with E-state index in [1.807, 2.05) is 6.07 Å². The highest BCUT2D eigenvalue weighted by Crippen LogP contribution is 2.33. The van der Waals surface area contributed by atoms with Crippen molar-refractivity contribution in [3.05, 3.63) is 28.8 Å². The Kier molecular flexibility index (Phi) is 2.66. The number of hydrogen-bond donors (Lipinski definition) is 2. The normalized spacial score (nSPS) is 17.6. The minimum Gasteiger partial charge on any atom is -0.496 e. The van der Waals surface area contributed by atoms with Gasteiger partial charge in [0.2, 0.25) is 0 Å². The predicted octanol–water partition coefficient (Wildman–Crippen LogP) is 0.565. The fourth-order valence-corrected chi connectivity index (χ4v) is 2.56. The highest BCUT2D eigenvalue weighted by Gasteiger charge is 2.22. The van der Waals surface area contributed by atoms with Gasteiger partial charge < -0.3 is 4.74 Å². The van der Waals surface area contributed by atoms with Gasteiger partial charge in [-0.3, -0.25) is 20.6 Å². The number of aryl methyl sites for hydroxylation is 1. The second-order valence-electron chi connectivity index (χ2n) is 4.48. The van der Waals surface area contributed by atoms with Gasteiger partial charge in [0.15, 0.2) is 5.84 Å². The fourth-order valence-electron chi connectivity index (χ4n) is 2.56. The van der Waals surface area contributed by atoms with Crippen molar-refractivity contribution in [2.24, 2.45) is 4.99 Å².